The molecule has 8 heteroatoms. The first kappa shape index (κ1) is 17.4. The second-order valence-corrected chi connectivity index (χ2v) is 6.77. The van der Waals surface area contributed by atoms with E-state index in [2.05, 4.69) is 0 Å². The van der Waals surface area contributed by atoms with Gasteiger partial charge in [-0.2, -0.15) is 0 Å². The molecule has 0 aliphatic rings. The van der Waals surface area contributed by atoms with Crippen LogP contribution in [0.15, 0.2) is 22.8 Å². The predicted octanol–water partition coefficient (Wildman–Crippen LogP) is 3.10. The summed E-state index contributed by atoms with van der Waals surface area (Å²) in [6.07, 6.45) is -0.0892. The van der Waals surface area contributed by atoms with Crippen molar-refractivity contribution in [3.8, 4) is 0 Å². The molecule has 0 radical (unpaired) electrons. The Hall–Kier alpha value is -0.650. The molecule has 1 N–H and O–H groups in total. The van der Waals surface area contributed by atoms with E-state index < -0.39 is 24.6 Å². The lowest BCUT2D eigenvalue weighted by atomic mass is 10.1. The van der Waals surface area contributed by atoms with Crippen molar-refractivity contribution in [1.29, 1.82) is 0 Å². The topological polar surface area (TPSA) is 86.0 Å². The zero-order chi connectivity index (χ0) is 15.2. The van der Waals surface area contributed by atoms with Gasteiger partial charge >= 0.3 is 7.60 Å². The quantitative estimate of drug-likeness (QED) is 0.555. The van der Waals surface area contributed by atoms with Crippen LogP contribution in [0.2, 0.25) is 0 Å². The molecule has 0 saturated heterocycles. The standard InChI is InChI=1S/C12H18ClO6P/c1-3-18-20(16,19-4-2)12(13)10(15)8-9(14)11-6-5-7-17-11/h5-7,9,12,14H,3-4,8H2,1-2H3/t9-,12?/m1/s1. The van der Waals surface area contributed by atoms with Gasteiger partial charge in [-0.15, -0.1) is 11.6 Å². The third-order valence-electron chi connectivity index (χ3n) is 2.43. The van der Waals surface area contributed by atoms with E-state index in [9.17, 15) is 14.5 Å². The van der Waals surface area contributed by atoms with Crippen molar-refractivity contribution in [3.63, 3.8) is 0 Å². The molecule has 0 aliphatic heterocycles. The minimum atomic E-state index is -3.73. The maximum Gasteiger partial charge on any atom is 0.355 e. The first-order valence-electron chi connectivity index (χ1n) is 6.21. The van der Waals surface area contributed by atoms with E-state index in [1.54, 1.807) is 19.9 Å². The number of furan rings is 1. The molecule has 6 nitrogen and oxygen atoms in total. The number of halogens is 1. The van der Waals surface area contributed by atoms with E-state index in [0.717, 1.165) is 0 Å². The SMILES string of the molecule is CCOP(=O)(OCC)C(Cl)C(=O)C[C@@H](O)c1ccco1. The summed E-state index contributed by atoms with van der Waals surface area (Å²) in [5.74, 6) is -0.384. The second-order valence-electron chi connectivity index (χ2n) is 3.91. The number of hydrogen-bond acceptors (Lipinski definition) is 6. The van der Waals surface area contributed by atoms with Crippen molar-refractivity contribution >= 4 is 25.0 Å². The van der Waals surface area contributed by atoms with Crippen LogP contribution in [-0.4, -0.2) is 29.2 Å². The Kier molecular flexibility index (Phi) is 6.92. The molecule has 0 spiro atoms. The lowest BCUT2D eigenvalue weighted by Gasteiger charge is -2.21. The van der Waals surface area contributed by atoms with Crippen molar-refractivity contribution in [3.05, 3.63) is 24.2 Å². The van der Waals surface area contributed by atoms with E-state index >= 15 is 0 Å². The van der Waals surface area contributed by atoms with Crippen LogP contribution in [0.3, 0.4) is 0 Å². The zero-order valence-corrected chi connectivity index (χ0v) is 13.0. The minimum Gasteiger partial charge on any atom is -0.467 e. The summed E-state index contributed by atoms with van der Waals surface area (Å²) in [6, 6.07) is 3.12. The van der Waals surface area contributed by atoms with Crippen LogP contribution in [0.4, 0.5) is 0 Å². The molecule has 0 aromatic carbocycles. The highest BCUT2D eigenvalue weighted by Gasteiger charge is 2.40. The van der Waals surface area contributed by atoms with Gasteiger partial charge in [-0.05, 0) is 26.0 Å². The van der Waals surface area contributed by atoms with Crippen molar-refractivity contribution in [2.45, 2.75) is 31.5 Å². The number of Topliss-reactive ketones (excluding diaryl/α,β-unsaturated/α-hetero) is 1. The van der Waals surface area contributed by atoms with Crippen LogP contribution in [0, 0.1) is 0 Å². The van der Waals surface area contributed by atoms with Gasteiger partial charge in [-0.1, -0.05) is 0 Å². The third-order valence-corrected chi connectivity index (χ3v) is 5.47. The first-order valence-corrected chi connectivity index (χ1v) is 8.26. The Bertz CT molecular complexity index is 451. The Labute approximate surface area is 122 Å². The fourth-order valence-corrected chi connectivity index (χ4v) is 3.52. The van der Waals surface area contributed by atoms with Crippen LogP contribution < -0.4 is 0 Å². The summed E-state index contributed by atoms with van der Waals surface area (Å²) in [6.45, 7) is 3.46. The molecule has 0 amide bonds. The summed E-state index contributed by atoms with van der Waals surface area (Å²) < 4.78 is 27.3. The summed E-state index contributed by atoms with van der Waals surface area (Å²) in [7, 11) is -3.73. The number of aliphatic hydroxyl groups is 1. The van der Waals surface area contributed by atoms with Gasteiger partial charge in [0.1, 0.15) is 11.9 Å². The van der Waals surface area contributed by atoms with Crippen molar-refractivity contribution in [2.75, 3.05) is 13.2 Å². The van der Waals surface area contributed by atoms with Crippen LogP contribution in [0.5, 0.6) is 0 Å². The van der Waals surface area contributed by atoms with Gasteiger partial charge in [0.05, 0.1) is 19.5 Å². The molecule has 0 aliphatic carbocycles. The highest BCUT2D eigenvalue weighted by atomic mass is 35.5. The van der Waals surface area contributed by atoms with Crippen LogP contribution in [0.25, 0.3) is 0 Å². The molecule has 1 unspecified atom stereocenters. The average molecular weight is 325 g/mol. The highest BCUT2D eigenvalue weighted by molar-refractivity contribution is 7.57. The molecule has 1 heterocycles. The molecule has 1 rings (SSSR count). The number of aliphatic hydroxyl groups excluding tert-OH is 1. The van der Waals surface area contributed by atoms with Gasteiger partial charge in [-0.25, -0.2) is 0 Å². The zero-order valence-electron chi connectivity index (χ0n) is 11.3. The van der Waals surface area contributed by atoms with Crippen LogP contribution >= 0.6 is 19.2 Å². The van der Waals surface area contributed by atoms with Gasteiger partial charge in [0, 0.05) is 6.42 Å². The van der Waals surface area contributed by atoms with Crippen molar-refractivity contribution in [1.82, 2.24) is 0 Å². The van der Waals surface area contributed by atoms with Crippen molar-refractivity contribution < 1.29 is 27.9 Å². The van der Waals surface area contributed by atoms with Gasteiger partial charge < -0.3 is 18.6 Å². The minimum absolute atomic E-state index is 0.106. The molecule has 1 aromatic rings. The van der Waals surface area contributed by atoms with E-state index in [1.165, 1.54) is 12.3 Å². The predicted molar refractivity (Wildman–Crippen MR) is 73.8 cm³/mol. The summed E-state index contributed by atoms with van der Waals surface area (Å²) >= 11 is 5.90. The summed E-state index contributed by atoms with van der Waals surface area (Å²) in [4.78, 5) is 12.0. The van der Waals surface area contributed by atoms with Gasteiger partial charge in [0.15, 0.2) is 10.9 Å². The van der Waals surface area contributed by atoms with Gasteiger partial charge in [-0.3, -0.25) is 9.36 Å². The number of alkyl halides is 1. The molecule has 2 atom stereocenters. The number of carbonyl (C=O) groups excluding carboxylic acids is 1. The maximum atomic E-state index is 12.3. The Morgan fingerprint density at radius 2 is 2.05 bits per heavy atom. The molecular weight excluding hydrogens is 307 g/mol. The molecule has 0 fully saturated rings. The molecule has 114 valence electrons. The number of ketones is 1. The number of hydrogen-bond donors (Lipinski definition) is 1. The molecular formula is C12H18ClO6P. The fraction of sp³-hybridized carbons (Fsp3) is 0.583. The monoisotopic (exact) mass is 324 g/mol. The van der Waals surface area contributed by atoms with Gasteiger partial charge in [0.25, 0.3) is 0 Å². The number of rotatable bonds is 9. The maximum absolute atomic E-state index is 12.3. The fourth-order valence-electron chi connectivity index (χ4n) is 1.57. The van der Waals surface area contributed by atoms with E-state index in [-0.39, 0.29) is 25.4 Å². The molecule has 0 saturated carbocycles. The molecule has 0 bridgehead atoms. The van der Waals surface area contributed by atoms with E-state index in [4.69, 9.17) is 25.1 Å². The molecule has 20 heavy (non-hydrogen) atoms. The Morgan fingerprint density at radius 3 is 2.50 bits per heavy atom. The largest absolute Gasteiger partial charge is 0.467 e. The number of carbonyl (C=O) groups is 1. The average Bonchev–Trinajstić information content (AvgIpc) is 2.92. The molecule has 1 aromatic heterocycles. The summed E-state index contributed by atoms with van der Waals surface area (Å²) in [5.41, 5.74) is 0. The van der Waals surface area contributed by atoms with E-state index in [0.29, 0.717) is 0 Å². The highest BCUT2D eigenvalue weighted by Crippen LogP contribution is 2.55. The Balaban J connectivity index is 2.72. The summed E-state index contributed by atoms with van der Waals surface area (Å²) in [5, 5.41) is 8.36. The second kappa shape index (κ2) is 7.96. The van der Waals surface area contributed by atoms with E-state index in [1.807, 2.05) is 0 Å². The smallest absolute Gasteiger partial charge is 0.355 e. The lowest BCUT2D eigenvalue weighted by molar-refractivity contribution is -0.119. The van der Waals surface area contributed by atoms with Crippen molar-refractivity contribution in [2.24, 2.45) is 0 Å². The Morgan fingerprint density at radius 1 is 1.45 bits per heavy atom. The van der Waals surface area contributed by atoms with Crippen LogP contribution in [-0.2, 0) is 18.4 Å². The van der Waals surface area contributed by atoms with Gasteiger partial charge in [0.2, 0.25) is 0 Å². The third kappa shape index (κ3) is 4.43. The lowest BCUT2D eigenvalue weighted by Crippen LogP contribution is -2.20. The normalized spacial score (nSPS) is 15.0. The first-order chi connectivity index (χ1) is 9.44. The van der Waals surface area contributed by atoms with Crippen LogP contribution in [0.1, 0.15) is 32.1 Å².